The molecule has 0 spiro atoms. The summed E-state index contributed by atoms with van der Waals surface area (Å²) < 4.78 is 18.0. The third-order valence-electron chi connectivity index (χ3n) is 3.67. The summed E-state index contributed by atoms with van der Waals surface area (Å²) in [6.07, 6.45) is 2.98. The van der Waals surface area contributed by atoms with E-state index in [9.17, 15) is 9.00 Å². The molecule has 2 atom stereocenters. The molecule has 7 heteroatoms. The molecule has 130 valence electrons. The van der Waals surface area contributed by atoms with Crippen LogP contribution < -0.4 is 0 Å². The Morgan fingerprint density at radius 2 is 2.29 bits per heavy atom. The van der Waals surface area contributed by atoms with Crippen molar-refractivity contribution in [2.45, 2.75) is 44.2 Å². The van der Waals surface area contributed by atoms with Gasteiger partial charge in [0.1, 0.15) is 16.7 Å². The highest BCUT2D eigenvalue weighted by Crippen LogP contribution is 2.22. The molecule has 2 unspecified atom stereocenters. The molecule has 24 heavy (non-hydrogen) atoms. The highest BCUT2D eigenvalue weighted by Gasteiger charge is 2.29. The van der Waals surface area contributed by atoms with Crippen molar-refractivity contribution in [3.05, 3.63) is 23.9 Å². The van der Waals surface area contributed by atoms with Crippen LogP contribution in [0.3, 0.4) is 0 Å². The number of carbonyl (C=O) groups excluding carboxylic acids is 1. The molecule has 1 saturated heterocycles. The van der Waals surface area contributed by atoms with Crippen LogP contribution in [-0.4, -0.2) is 44.6 Å². The molecule has 1 amide bonds. The van der Waals surface area contributed by atoms with Gasteiger partial charge in [-0.15, -0.1) is 0 Å². The van der Waals surface area contributed by atoms with E-state index in [1.807, 2.05) is 26.8 Å². The lowest BCUT2D eigenvalue weighted by Crippen LogP contribution is -2.44. The van der Waals surface area contributed by atoms with Gasteiger partial charge in [0, 0.05) is 25.0 Å². The van der Waals surface area contributed by atoms with Crippen molar-refractivity contribution in [3.63, 3.8) is 0 Å². The largest absolute Gasteiger partial charge is 0.444 e. The van der Waals surface area contributed by atoms with Gasteiger partial charge in [-0.2, -0.15) is 5.26 Å². The summed E-state index contributed by atoms with van der Waals surface area (Å²) in [4.78, 5) is 18.0. The summed E-state index contributed by atoms with van der Waals surface area (Å²) in [5.74, 6) is 0.506. The summed E-state index contributed by atoms with van der Waals surface area (Å²) in [5.41, 5.74) is -0.182. The molecule has 6 nitrogen and oxygen atoms in total. The average Bonchev–Trinajstić information content (AvgIpc) is 2.53. The number of amides is 1. The second kappa shape index (κ2) is 7.75. The van der Waals surface area contributed by atoms with Crippen LogP contribution in [0.2, 0.25) is 0 Å². The topological polar surface area (TPSA) is 83.3 Å². The lowest BCUT2D eigenvalue weighted by Gasteiger charge is -2.33. The van der Waals surface area contributed by atoms with Crippen LogP contribution in [0.4, 0.5) is 4.79 Å². The maximum atomic E-state index is 12.6. The van der Waals surface area contributed by atoms with E-state index in [2.05, 4.69) is 4.98 Å². The Morgan fingerprint density at radius 3 is 2.96 bits per heavy atom. The van der Waals surface area contributed by atoms with Gasteiger partial charge in [-0.05, 0) is 51.7 Å². The molecule has 0 aromatic carbocycles. The van der Waals surface area contributed by atoms with Gasteiger partial charge in [-0.1, -0.05) is 0 Å². The van der Waals surface area contributed by atoms with Gasteiger partial charge in [0.25, 0.3) is 0 Å². The van der Waals surface area contributed by atoms with Gasteiger partial charge in [0.2, 0.25) is 0 Å². The Labute approximate surface area is 145 Å². The minimum Gasteiger partial charge on any atom is -0.444 e. The number of carbonyl (C=O) groups is 1. The predicted octanol–water partition coefficient (Wildman–Crippen LogP) is 2.71. The molecule has 1 aromatic heterocycles. The monoisotopic (exact) mass is 349 g/mol. The van der Waals surface area contributed by atoms with E-state index in [4.69, 9.17) is 10.00 Å². The van der Waals surface area contributed by atoms with E-state index in [0.29, 0.717) is 29.4 Å². The Morgan fingerprint density at radius 1 is 1.54 bits per heavy atom. The number of hydrogen-bond donors (Lipinski definition) is 0. The Balaban J connectivity index is 1.99. The first kappa shape index (κ1) is 18.4. The average molecular weight is 349 g/mol. The van der Waals surface area contributed by atoms with Crippen LogP contribution in [0.1, 0.15) is 39.2 Å². The fourth-order valence-electron chi connectivity index (χ4n) is 2.64. The molecule has 2 heterocycles. The maximum Gasteiger partial charge on any atom is 0.410 e. The van der Waals surface area contributed by atoms with Gasteiger partial charge in [0.05, 0.1) is 16.4 Å². The molecule has 1 fully saturated rings. The van der Waals surface area contributed by atoms with Gasteiger partial charge in [0.15, 0.2) is 0 Å². The third-order valence-corrected chi connectivity index (χ3v) is 5.20. The molecule has 1 aromatic rings. The first-order valence-corrected chi connectivity index (χ1v) is 9.33. The van der Waals surface area contributed by atoms with E-state index >= 15 is 0 Å². The van der Waals surface area contributed by atoms with Crippen LogP contribution in [0, 0.1) is 17.2 Å². The van der Waals surface area contributed by atoms with Gasteiger partial charge in [-0.3, -0.25) is 4.21 Å². The van der Waals surface area contributed by atoms with Crippen LogP contribution in [-0.2, 0) is 15.5 Å². The summed E-state index contributed by atoms with van der Waals surface area (Å²) in [6.45, 7) is 6.70. The lowest BCUT2D eigenvalue weighted by atomic mass is 10.0. The molecular weight excluding hydrogens is 326 g/mol. The van der Waals surface area contributed by atoms with Crippen LogP contribution >= 0.6 is 0 Å². The summed E-state index contributed by atoms with van der Waals surface area (Å²) in [7, 11) is -1.35. The molecule has 0 bridgehead atoms. The van der Waals surface area contributed by atoms with Gasteiger partial charge in [-0.25, -0.2) is 9.78 Å². The first-order valence-electron chi connectivity index (χ1n) is 8.01. The fourth-order valence-corrected chi connectivity index (χ4v) is 4.04. The second-order valence-electron chi connectivity index (χ2n) is 6.91. The SMILES string of the molecule is CC(C)(C)OC(=O)N1CCCC(CS(=O)c2ncccc2C#N)C1. The number of aromatic nitrogens is 1. The Kier molecular flexibility index (Phi) is 5.94. The second-order valence-corrected chi connectivity index (χ2v) is 8.33. The summed E-state index contributed by atoms with van der Waals surface area (Å²) in [5, 5.41) is 9.43. The maximum absolute atomic E-state index is 12.6. The highest BCUT2D eigenvalue weighted by molar-refractivity contribution is 7.85. The van der Waals surface area contributed by atoms with E-state index in [1.54, 1.807) is 23.2 Å². The standard InChI is InChI=1S/C17H23N3O3S/c1-17(2,3)23-16(21)20-9-5-6-13(11-20)12-24(22)15-14(10-18)7-4-8-19-15/h4,7-8,13H,5-6,9,11-12H2,1-3H3. The molecule has 0 saturated carbocycles. The minimum atomic E-state index is -1.35. The third kappa shape index (κ3) is 5.03. The first-order chi connectivity index (χ1) is 11.3. The number of piperidine rings is 1. The van der Waals surface area contributed by atoms with Crippen molar-refractivity contribution in [1.82, 2.24) is 9.88 Å². The number of nitriles is 1. The molecule has 0 aliphatic carbocycles. The van der Waals surface area contributed by atoms with Crippen LogP contribution in [0.25, 0.3) is 0 Å². The number of ether oxygens (including phenoxy) is 1. The molecule has 1 aliphatic heterocycles. The van der Waals surface area contributed by atoms with Crippen molar-refractivity contribution in [2.75, 3.05) is 18.8 Å². The van der Waals surface area contributed by atoms with Crippen molar-refractivity contribution in [1.29, 1.82) is 5.26 Å². The normalized spacial score (nSPS) is 19.4. The Bertz CT molecular complexity index is 664. The number of hydrogen-bond acceptors (Lipinski definition) is 5. The number of nitrogens with zero attached hydrogens (tertiary/aromatic N) is 3. The zero-order valence-electron chi connectivity index (χ0n) is 14.3. The summed E-state index contributed by atoms with van der Waals surface area (Å²) >= 11 is 0. The molecule has 0 radical (unpaired) electrons. The van der Waals surface area contributed by atoms with E-state index in [-0.39, 0.29) is 12.0 Å². The zero-order valence-corrected chi connectivity index (χ0v) is 15.1. The van der Waals surface area contributed by atoms with Gasteiger partial charge < -0.3 is 9.64 Å². The smallest absolute Gasteiger partial charge is 0.410 e. The number of pyridine rings is 1. The predicted molar refractivity (Wildman–Crippen MR) is 90.8 cm³/mol. The molecular formula is C17H23N3O3S. The van der Waals surface area contributed by atoms with Crippen molar-refractivity contribution >= 4 is 16.9 Å². The van der Waals surface area contributed by atoms with Crippen molar-refractivity contribution in [3.8, 4) is 6.07 Å². The summed E-state index contributed by atoms with van der Waals surface area (Å²) in [6, 6.07) is 5.30. The number of rotatable bonds is 3. The minimum absolute atomic E-state index is 0.112. The Hall–Kier alpha value is -1.94. The van der Waals surface area contributed by atoms with Crippen molar-refractivity contribution < 1.29 is 13.7 Å². The van der Waals surface area contributed by atoms with Gasteiger partial charge >= 0.3 is 6.09 Å². The van der Waals surface area contributed by atoms with Crippen molar-refractivity contribution in [2.24, 2.45) is 5.92 Å². The lowest BCUT2D eigenvalue weighted by molar-refractivity contribution is 0.0176. The highest BCUT2D eigenvalue weighted by atomic mass is 32.2. The fraction of sp³-hybridized carbons (Fsp3) is 0.588. The quantitative estimate of drug-likeness (QED) is 0.838. The molecule has 0 N–H and O–H groups in total. The molecule has 1 aliphatic rings. The zero-order chi connectivity index (χ0) is 17.7. The van der Waals surface area contributed by atoms with Crippen LogP contribution in [0.15, 0.2) is 23.4 Å². The van der Waals surface area contributed by atoms with Crippen LogP contribution in [0.5, 0.6) is 0 Å². The number of likely N-dealkylation sites (tertiary alicyclic amines) is 1. The van der Waals surface area contributed by atoms with E-state index < -0.39 is 16.4 Å². The molecule has 2 rings (SSSR count). The van der Waals surface area contributed by atoms with E-state index in [1.165, 1.54) is 0 Å². The van der Waals surface area contributed by atoms with E-state index in [0.717, 1.165) is 12.8 Å².